The van der Waals surface area contributed by atoms with Crippen molar-refractivity contribution in [2.75, 3.05) is 31.2 Å². The van der Waals surface area contributed by atoms with Crippen LogP contribution in [0.1, 0.15) is 0 Å². The van der Waals surface area contributed by atoms with E-state index in [4.69, 9.17) is 32.9 Å². The summed E-state index contributed by atoms with van der Waals surface area (Å²) in [5, 5.41) is 1.23. The van der Waals surface area contributed by atoms with Gasteiger partial charge in [0.05, 0.1) is 30.4 Å². The summed E-state index contributed by atoms with van der Waals surface area (Å²) < 4.78 is 5.39. The third-order valence-corrected chi connectivity index (χ3v) is 4.50. The summed E-state index contributed by atoms with van der Waals surface area (Å²) in [4.78, 5) is 11.5. The number of aromatic nitrogens is 2. The molecule has 0 aliphatic carbocycles. The SMILES string of the molecule is Clc1cc(Cl)cc(-c2ccc3ncc(N4CCOCC4)nc3c2)c1. The number of anilines is 1. The van der Waals surface area contributed by atoms with Crippen LogP contribution in [0, 0.1) is 0 Å². The maximum atomic E-state index is 6.11. The average molecular weight is 360 g/mol. The largest absolute Gasteiger partial charge is 0.378 e. The van der Waals surface area contributed by atoms with Crippen molar-refractivity contribution in [1.29, 1.82) is 0 Å². The second-order valence-corrected chi connectivity index (χ2v) is 6.56. The highest BCUT2D eigenvalue weighted by molar-refractivity contribution is 6.35. The number of hydrogen-bond acceptors (Lipinski definition) is 4. The number of nitrogens with zero attached hydrogens (tertiary/aromatic N) is 3. The molecule has 0 atom stereocenters. The van der Waals surface area contributed by atoms with E-state index in [-0.39, 0.29) is 0 Å². The fourth-order valence-electron chi connectivity index (χ4n) is 2.85. The Labute approximate surface area is 150 Å². The molecule has 0 N–H and O–H groups in total. The first-order valence-corrected chi connectivity index (χ1v) is 8.51. The lowest BCUT2D eigenvalue weighted by atomic mass is 10.1. The van der Waals surface area contributed by atoms with Crippen LogP contribution < -0.4 is 4.90 Å². The Morgan fingerprint density at radius 1 is 0.875 bits per heavy atom. The van der Waals surface area contributed by atoms with Crippen LogP contribution in [0.5, 0.6) is 0 Å². The first-order chi connectivity index (χ1) is 11.7. The Hall–Kier alpha value is -1.88. The number of ether oxygens (including phenoxy) is 1. The Bertz CT molecular complexity index is 874. The molecule has 3 aromatic rings. The number of fused-ring (bicyclic) bond motifs is 1. The third kappa shape index (κ3) is 3.18. The molecule has 0 saturated carbocycles. The molecular formula is C18H15Cl2N3O. The molecule has 1 aromatic heterocycles. The van der Waals surface area contributed by atoms with E-state index >= 15 is 0 Å². The minimum absolute atomic E-state index is 0.616. The Morgan fingerprint density at radius 3 is 2.38 bits per heavy atom. The van der Waals surface area contributed by atoms with Gasteiger partial charge in [0.2, 0.25) is 0 Å². The highest BCUT2D eigenvalue weighted by Gasteiger charge is 2.13. The standard InChI is InChI=1S/C18H15Cl2N3O/c19-14-7-13(8-15(20)10-14)12-1-2-16-17(9-12)22-18(11-21-16)23-3-5-24-6-4-23/h1-2,7-11H,3-6H2. The van der Waals surface area contributed by atoms with Crippen molar-refractivity contribution >= 4 is 40.1 Å². The second-order valence-electron chi connectivity index (χ2n) is 5.69. The van der Waals surface area contributed by atoms with Gasteiger partial charge in [0.25, 0.3) is 0 Å². The van der Waals surface area contributed by atoms with Gasteiger partial charge in [0.1, 0.15) is 5.82 Å². The molecule has 122 valence electrons. The van der Waals surface area contributed by atoms with Gasteiger partial charge in [-0.25, -0.2) is 4.98 Å². The Balaban J connectivity index is 1.75. The molecule has 1 fully saturated rings. The van der Waals surface area contributed by atoms with E-state index in [0.29, 0.717) is 10.0 Å². The predicted molar refractivity (Wildman–Crippen MR) is 98.0 cm³/mol. The van der Waals surface area contributed by atoms with E-state index in [2.05, 4.69) is 9.88 Å². The average Bonchev–Trinajstić information content (AvgIpc) is 2.61. The van der Waals surface area contributed by atoms with Crippen LogP contribution in [0.15, 0.2) is 42.6 Å². The zero-order valence-corrected chi connectivity index (χ0v) is 14.4. The number of morpholine rings is 1. The van der Waals surface area contributed by atoms with Crippen molar-refractivity contribution in [1.82, 2.24) is 9.97 Å². The molecule has 24 heavy (non-hydrogen) atoms. The molecule has 0 unspecified atom stereocenters. The molecule has 0 spiro atoms. The number of benzene rings is 2. The van der Waals surface area contributed by atoms with Crippen LogP contribution in [0.2, 0.25) is 10.0 Å². The summed E-state index contributed by atoms with van der Waals surface area (Å²) in [7, 11) is 0. The van der Waals surface area contributed by atoms with Gasteiger partial charge in [0.15, 0.2) is 0 Å². The summed E-state index contributed by atoms with van der Waals surface area (Å²) in [6, 6.07) is 11.5. The topological polar surface area (TPSA) is 38.2 Å². The summed E-state index contributed by atoms with van der Waals surface area (Å²) in [5.74, 6) is 0.882. The van der Waals surface area contributed by atoms with Gasteiger partial charge in [0, 0.05) is 23.1 Å². The fourth-order valence-corrected chi connectivity index (χ4v) is 3.37. The molecule has 1 aliphatic heterocycles. The zero-order valence-electron chi connectivity index (χ0n) is 12.9. The monoisotopic (exact) mass is 359 g/mol. The highest BCUT2D eigenvalue weighted by Crippen LogP contribution is 2.29. The summed E-state index contributed by atoms with van der Waals surface area (Å²) in [6.07, 6.45) is 1.82. The van der Waals surface area contributed by atoms with Crippen molar-refractivity contribution < 1.29 is 4.74 Å². The minimum atomic E-state index is 0.616. The van der Waals surface area contributed by atoms with Crippen LogP contribution >= 0.6 is 23.2 Å². The number of halogens is 2. The molecule has 0 amide bonds. The van der Waals surface area contributed by atoms with Crippen molar-refractivity contribution in [3.8, 4) is 11.1 Å². The van der Waals surface area contributed by atoms with E-state index in [1.807, 2.05) is 36.5 Å². The summed E-state index contributed by atoms with van der Waals surface area (Å²) in [6.45, 7) is 3.12. The first-order valence-electron chi connectivity index (χ1n) is 7.75. The Morgan fingerprint density at radius 2 is 1.62 bits per heavy atom. The van der Waals surface area contributed by atoms with Crippen molar-refractivity contribution in [2.45, 2.75) is 0 Å². The normalized spacial score (nSPS) is 15.0. The van der Waals surface area contributed by atoms with Gasteiger partial charge in [-0.3, -0.25) is 4.98 Å². The molecule has 2 heterocycles. The molecule has 4 nitrogen and oxygen atoms in total. The minimum Gasteiger partial charge on any atom is -0.378 e. The van der Waals surface area contributed by atoms with Crippen molar-refractivity contribution in [3.63, 3.8) is 0 Å². The predicted octanol–water partition coefficient (Wildman–Crippen LogP) is 4.44. The zero-order chi connectivity index (χ0) is 16.5. The third-order valence-electron chi connectivity index (χ3n) is 4.06. The molecule has 6 heteroatoms. The van der Waals surface area contributed by atoms with Crippen LogP contribution in [0.25, 0.3) is 22.2 Å². The second kappa shape index (κ2) is 6.55. The lowest BCUT2D eigenvalue weighted by Crippen LogP contribution is -2.36. The molecular weight excluding hydrogens is 345 g/mol. The Kier molecular flexibility index (Phi) is 4.27. The van der Waals surface area contributed by atoms with E-state index < -0.39 is 0 Å². The van der Waals surface area contributed by atoms with Crippen LogP contribution in [0.3, 0.4) is 0 Å². The number of rotatable bonds is 2. The lowest BCUT2D eigenvalue weighted by Gasteiger charge is -2.27. The summed E-state index contributed by atoms with van der Waals surface area (Å²) in [5.41, 5.74) is 3.70. The molecule has 4 rings (SSSR count). The van der Waals surface area contributed by atoms with Gasteiger partial charge in [-0.05, 0) is 41.5 Å². The molecule has 2 aromatic carbocycles. The van der Waals surface area contributed by atoms with Gasteiger partial charge >= 0.3 is 0 Å². The van der Waals surface area contributed by atoms with Crippen LogP contribution in [-0.2, 0) is 4.74 Å². The number of hydrogen-bond donors (Lipinski definition) is 0. The molecule has 0 radical (unpaired) electrons. The van der Waals surface area contributed by atoms with E-state index in [9.17, 15) is 0 Å². The smallest absolute Gasteiger partial charge is 0.148 e. The fraction of sp³-hybridized carbons (Fsp3) is 0.222. The van der Waals surface area contributed by atoms with E-state index in [0.717, 1.165) is 54.3 Å². The highest BCUT2D eigenvalue weighted by atomic mass is 35.5. The van der Waals surface area contributed by atoms with Gasteiger partial charge in [-0.2, -0.15) is 0 Å². The van der Waals surface area contributed by atoms with Crippen LogP contribution in [0.4, 0.5) is 5.82 Å². The first kappa shape index (κ1) is 15.6. The van der Waals surface area contributed by atoms with Crippen molar-refractivity contribution in [3.05, 3.63) is 52.6 Å². The molecule has 1 aliphatic rings. The molecule has 0 bridgehead atoms. The van der Waals surface area contributed by atoms with E-state index in [1.54, 1.807) is 6.07 Å². The maximum absolute atomic E-state index is 6.11. The van der Waals surface area contributed by atoms with Gasteiger partial charge < -0.3 is 9.64 Å². The van der Waals surface area contributed by atoms with E-state index in [1.165, 1.54) is 0 Å². The lowest BCUT2D eigenvalue weighted by molar-refractivity contribution is 0.122. The molecule has 1 saturated heterocycles. The summed E-state index contributed by atoms with van der Waals surface area (Å²) >= 11 is 12.2. The van der Waals surface area contributed by atoms with Gasteiger partial charge in [-0.1, -0.05) is 29.3 Å². The van der Waals surface area contributed by atoms with Crippen LogP contribution in [-0.4, -0.2) is 36.3 Å². The quantitative estimate of drug-likeness (QED) is 0.677. The van der Waals surface area contributed by atoms with Crippen molar-refractivity contribution in [2.24, 2.45) is 0 Å². The van der Waals surface area contributed by atoms with Gasteiger partial charge in [-0.15, -0.1) is 0 Å². The maximum Gasteiger partial charge on any atom is 0.148 e.